The summed E-state index contributed by atoms with van der Waals surface area (Å²) in [5, 5.41) is 14.2. The van der Waals surface area contributed by atoms with Crippen LogP contribution in [0.2, 0.25) is 0 Å². The van der Waals surface area contributed by atoms with E-state index in [-0.39, 0.29) is 5.91 Å². The second-order valence-electron chi connectivity index (χ2n) is 3.05. The Morgan fingerprint density at radius 1 is 1.79 bits per heavy atom. The van der Waals surface area contributed by atoms with E-state index >= 15 is 0 Å². The Labute approximate surface area is 87.0 Å². The number of aromatic nitrogens is 1. The quantitative estimate of drug-likeness (QED) is 0.805. The smallest absolute Gasteiger partial charge is 0.226 e. The van der Waals surface area contributed by atoms with Crippen molar-refractivity contribution in [3.05, 3.63) is 11.1 Å². The summed E-state index contributed by atoms with van der Waals surface area (Å²) in [6.45, 7) is 3.59. The van der Waals surface area contributed by atoms with Crippen LogP contribution >= 0.6 is 11.3 Å². The van der Waals surface area contributed by atoms with Crippen molar-refractivity contribution in [2.24, 2.45) is 0 Å². The first kappa shape index (κ1) is 11.1. The van der Waals surface area contributed by atoms with Gasteiger partial charge in [-0.1, -0.05) is 6.92 Å². The third-order valence-electron chi connectivity index (χ3n) is 1.67. The van der Waals surface area contributed by atoms with Gasteiger partial charge in [-0.3, -0.25) is 4.79 Å². The lowest BCUT2D eigenvalue weighted by atomic mass is 10.3. The number of hydrogen-bond acceptors (Lipinski definition) is 4. The first-order valence-corrected chi connectivity index (χ1v) is 5.44. The molecule has 14 heavy (non-hydrogen) atoms. The van der Waals surface area contributed by atoms with Crippen LogP contribution in [0, 0.1) is 0 Å². The van der Waals surface area contributed by atoms with Crippen LogP contribution in [0.3, 0.4) is 0 Å². The van der Waals surface area contributed by atoms with Crippen molar-refractivity contribution in [3.8, 4) is 0 Å². The molecule has 0 aliphatic rings. The zero-order valence-corrected chi connectivity index (χ0v) is 9.10. The van der Waals surface area contributed by atoms with Gasteiger partial charge in [-0.2, -0.15) is 0 Å². The zero-order valence-electron chi connectivity index (χ0n) is 8.28. The highest BCUT2D eigenvalue weighted by molar-refractivity contribution is 7.13. The van der Waals surface area contributed by atoms with Gasteiger partial charge in [0.25, 0.3) is 0 Å². The molecule has 78 valence electrons. The van der Waals surface area contributed by atoms with E-state index in [2.05, 4.69) is 10.3 Å². The van der Waals surface area contributed by atoms with E-state index in [0.717, 1.165) is 6.42 Å². The van der Waals surface area contributed by atoms with Crippen LogP contribution in [0.1, 0.15) is 38.5 Å². The maximum Gasteiger partial charge on any atom is 0.226 e. The maximum absolute atomic E-state index is 11.2. The average molecular weight is 214 g/mol. The van der Waals surface area contributed by atoms with E-state index in [1.54, 1.807) is 12.3 Å². The average Bonchev–Trinajstić information content (AvgIpc) is 2.53. The number of aliphatic hydroxyl groups is 1. The normalized spacial score (nSPS) is 12.5. The third-order valence-corrected chi connectivity index (χ3v) is 2.45. The predicted octanol–water partition coefficient (Wildman–Crippen LogP) is 1.93. The molecule has 0 aliphatic carbocycles. The topological polar surface area (TPSA) is 62.2 Å². The molecule has 5 heteroatoms. The molecule has 1 rings (SSSR count). The van der Waals surface area contributed by atoms with Crippen molar-refractivity contribution in [3.63, 3.8) is 0 Å². The minimum atomic E-state index is -0.580. The molecule has 1 atom stereocenters. The number of nitrogens with one attached hydrogen (secondary N) is 1. The summed E-state index contributed by atoms with van der Waals surface area (Å²) in [6, 6.07) is 0. The summed E-state index contributed by atoms with van der Waals surface area (Å²) < 4.78 is 0. The van der Waals surface area contributed by atoms with Crippen molar-refractivity contribution in [2.75, 3.05) is 5.32 Å². The van der Waals surface area contributed by atoms with E-state index in [4.69, 9.17) is 0 Å². The number of carbonyl (C=O) groups is 1. The minimum absolute atomic E-state index is 0.0287. The van der Waals surface area contributed by atoms with Crippen LogP contribution in [-0.4, -0.2) is 16.0 Å². The number of thiazole rings is 1. The molecule has 1 aromatic heterocycles. The fraction of sp³-hybridized carbons (Fsp3) is 0.556. The highest BCUT2D eigenvalue weighted by atomic mass is 32.1. The third kappa shape index (κ3) is 3.08. The number of amides is 1. The standard InChI is InChI=1S/C9H14N2O2S/c1-3-4-8(13)11-9-10-7(5-14-9)6(2)12/h5-6,12H,3-4H2,1-2H3,(H,10,11,13). The van der Waals surface area contributed by atoms with Crippen LogP contribution in [-0.2, 0) is 4.79 Å². The number of aliphatic hydroxyl groups excluding tert-OH is 1. The lowest BCUT2D eigenvalue weighted by Gasteiger charge is -1.99. The highest BCUT2D eigenvalue weighted by Crippen LogP contribution is 2.20. The Bertz CT molecular complexity index is 310. The summed E-state index contributed by atoms with van der Waals surface area (Å²) in [4.78, 5) is 15.3. The van der Waals surface area contributed by atoms with E-state index in [9.17, 15) is 9.90 Å². The SMILES string of the molecule is CCCC(=O)Nc1nc(C(C)O)cs1. The van der Waals surface area contributed by atoms with Crippen LogP contribution < -0.4 is 5.32 Å². The Hall–Kier alpha value is -0.940. The summed E-state index contributed by atoms with van der Waals surface area (Å²) in [5.41, 5.74) is 0.599. The van der Waals surface area contributed by atoms with Gasteiger partial charge in [-0.15, -0.1) is 11.3 Å². The Morgan fingerprint density at radius 3 is 3.00 bits per heavy atom. The lowest BCUT2D eigenvalue weighted by molar-refractivity contribution is -0.116. The largest absolute Gasteiger partial charge is 0.387 e. The number of rotatable bonds is 4. The van der Waals surface area contributed by atoms with E-state index < -0.39 is 6.10 Å². The predicted molar refractivity (Wildman–Crippen MR) is 56.3 cm³/mol. The highest BCUT2D eigenvalue weighted by Gasteiger charge is 2.08. The van der Waals surface area contributed by atoms with E-state index in [1.165, 1.54) is 11.3 Å². The summed E-state index contributed by atoms with van der Waals surface area (Å²) in [7, 11) is 0. The first-order chi connectivity index (χ1) is 6.63. The van der Waals surface area contributed by atoms with Gasteiger partial charge in [0.1, 0.15) is 0 Å². The van der Waals surface area contributed by atoms with Gasteiger partial charge in [0.15, 0.2) is 5.13 Å². The molecule has 0 aromatic carbocycles. The second-order valence-corrected chi connectivity index (χ2v) is 3.91. The molecular weight excluding hydrogens is 200 g/mol. The van der Waals surface area contributed by atoms with Gasteiger partial charge < -0.3 is 10.4 Å². The number of carbonyl (C=O) groups excluding carboxylic acids is 1. The molecule has 2 N–H and O–H groups in total. The van der Waals surface area contributed by atoms with Crippen LogP contribution in [0.4, 0.5) is 5.13 Å². The van der Waals surface area contributed by atoms with Gasteiger partial charge in [-0.25, -0.2) is 4.98 Å². The van der Waals surface area contributed by atoms with Crippen molar-refractivity contribution in [1.82, 2.24) is 4.98 Å². The van der Waals surface area contributed by atoms with Gasteiger partial charge >= 0.3 is 0 Å². The van der Waals surface area contributed by atoms with Crippen molar-refractivity contribution >= 4 is 22.4 Å². The molecule has 1 unspecified atom stereocenters. The lowest BCUT2D eigenvalue weighted by Crippen LogP contribution is -2.10. The molecule has 0 saturated heterocycles. The zero-order chi connectivity index (χ0) is 10.6. The Kier molecular flexibility index (Phi) is 4.03. The molecule has 1 heterocycles. The Morgan fingerprint density at radius 2 is 2.50 bits per heavy atom. The van der Waals surface area contributed by atoms with Gasteiger partial charge in [-0.05, 0) is 13.3 Å². The van der Waals surface area contributed by atoms with E-state index in [1.807, 2.05) is 6.92 Å². The second kappa shape index (κ2) is 5.07. The van der Waals surface area contributed by atoms with Crippen molar-refractivity contribution in [1.29, 1.82) is 0 Å². The number of hydrogen-bond donors (Lipinski definition) is 2. The summed E-state index contributed by atoms with van der Waals surface area (Å²) in [6.07, 6.45) is 0.743. The molecule has 0 spiro atoms. The minimum Gasteiger partial charge on any atom is -0.387 e. The van der Waals surface area contributed by atoms with Crippen molar-refractivity contribution < 1.29 is 9.90 Å². The van der Waals surface area contributed by atoms with Crippen LogP contribution in [0.25, 0.3) is 0 Å². The summed E-state index contributed by atoms with van der Waals surface area (Å²) >= 11 is 1.33. The maximum atomic E-state index is 11.2. The monoisotopic (exact) mass is 214 g/mol. The van der Waals surface area contributed by atoms with Gasteiger partial charge in [0.2, 0.25) is 5.91 Å². The fourth-order valence-electron chi connectivity index (χ4n) is 0.944. The molecule has 0 aliphatic heterocycles. The van der Waals surface area contributed by atoms with E-state index in [0.29, 0.717) is 17.2 Å². The molecule has 1 amide bonds. The first-order valence-electron chi connectivity index (χ1n) is 4.56. The van der Waals surface area contributed by atoms with Crippen LogP contribution in [0.5, 0.6) is 0 Å². The fourth-order valence-corrected chi connectivity index (χ4v) is 1.76. The molecule has 4 nitrogen and oxygen atoms in total. The molecule has 0 bridgehead atoms. The number of nitrogens with zero attached hydrogens (tertiary/aromatic N) is 1. The number of anilines is 1. The molecular formula is C9H14N2O2S. The molecule has 0 saturated carbocycles. The Balaban J connectivity index is 2.55. The molecule has 0 radical (unpaired) electrons. The molecule has 1 aromatic rings. The van der Waals surface area contributed by atoms with Gasteiger partial charge in [0.05, 0.1) is 11.8 Å². The van der Waals surface area contributed by atoms with Crippen molar-refractivity contribution in [2.45, 2.75) is 32.8 Å². The molecule has 0 fully saturated rings. The van der Waals surface area contributed by atoms with Gasteiger partial charge in [0, 0.05) is 11.8 Å². The van der Waals surface area contributed by atoms with Crippen LogP contribution in [0.15, 0.2) is 5.38 Å². The summed E-state index contributed by atoms with van der Waals surface area (Å²) in [5.74, 6) is -0.0287.